The Morgan fingerprint density at radius 1 is 1.04 bits per heavy atom. The van der Waals surface area contributed by atoms with Crippen LogP contribution in [0.2, 0.25) is 0 Å². The number of hydrogen-bond donors (Lipinski definition) is 2. The van der Waals surface area contributed by atoms with Gasteiger partial charge in [-0.3, -0.25) is 4.79 Å². The molecule has 0 aliphatic rings. The molecule has 2 aromatic rings. The van der Waals surface area contributed by atoms with Gasteiger partial charge in [0, 0.05) is 12.7 Å². The SMILES string of the molecule is CNc1ccccc1C(=O)OCC(=O)Nc1ccccc1OC(F)F. The van der Waals surface area contributed by atoms with Gasteiger partial charge in [-0.25, -0.2) is 4.79 Å². The van der Waals surface area contributed by atoms with Crippen LogP contribution in [0.15, 0.2) is 48.5 Å². The molecule has 0 aliphatic carbocycles. The molecule has 0 saturated carbocycles. The molecule has 0 atom stereocenters. The summed E-state index contributed by atoms with van der Waals surface area (Å²) in [5, 5.41) is 5.20. The fraction of sp³-hybridized carbons (Fsp3) is 0.176. The zero-order chi connectivity index (χ0) is 18.2. The van der Waals surface area contributed by atoms with Crippen LogP contribution in [0, 0.1) is 0 Å². The summed E-state index contributed by atoms with van der Waals surface area (Å²) < 4.78 is 33.9. The molecule has 6 nitrogen and oxygen atoms in total. The average molecular weight is 350 g/mol. The Labute approximate surface area is 142 Å². The van der Waals surface area contributed by atoms with E-state index in [1.807, 2.05) is 0 Å². The van der Waals surface area contributed by atoms with Crippen molar-refractivity contribution in [1.82, 2.24) is 0 Å². The molecule has 0 aliphatic heterocycles. The molecule has 0 heterocycles. The first-order valence-electron chi connectivity index (χ1n) is 7.29. The van der Waals surface area contributed by atoms with Gasteiger partial charge >= 0.3 is 12.6 Å². The van der Waals surface area contributed by atoms with Crippen molar-refractivity contribution in [3.05, 3.63) is 54.1 Å². The highest BCUT2D eigenvalue weighted by atomic mass is 19.3. The lowest BCUT2D eigenvalue weighted by molar-refractivity contribution is -0.119. The van der Waals surface area contributed by atoms with Gasteiger partial charge in [-0.15, -0.1) is 0 Å². The van der Waals surface area contributed by atoms with E-state index in [9.17, 15) is 18.4 Å². The van der Waals surface area contributed by atoms with Crippen molar-refractivity contribution >= 4 is 23.3 Å². The summed E-state index contributed by atoms with van der Waals surface area (Å²) in [6.45, 7) is -3.59. The van der Waals surface area contributed by atoms with Crippen LogP contribution in [0.25, 0.3) is 0 Å². The van der Waals surface area contributed by atoms with E-state index < -0.39 is 25.1 Å². The average Bonchev–Trinajstić information content (AvgIpc) is 2.61. The van der Waals surface area contributed by atoms with Crippen molar-refractivity contribution < 1.29 is 27.8 Å². The summed E-state index contributed by atoms with van der Waals surface area (Å²) >= 11 is 0. The quantitative estimate of drug-likeness (QED) is 0.751. The third-order valence-corrected chi connectivity index (χ3v) is 3.13. The Balaban J connectivity index is 1.96. The van der Waals surface area contributed by atoms with Crippen LogP contribution in [-0.4, -0.2) is 32.1 Å². The number of alkyl halides is 2. The van der Waals surface area contributed by atoms with E-state index in [4.69, 9.17) is 4.74 Å². The summed E-state index contributed by atoms with van der Waals surface area (Å²) in [6, 6.07) is 12.4. The predicted octanol–water partition coefficient (Wildman–Crippen LogP) is 3.13. The number of anilines is 2. The van der Waals surface area contributed by atoms with Crippen LogP contribution in [0.1, 0.15) is 10.4 Å². The van der Waals surface area contributed by atoms with Gasteiger partial charge < -0.3 is 20.1 Å². The molecule has 25 heavy (non-hydrogen) atoms. The van der Waals surface area contributed by atoms with Crippen molar-refractivity contribution in [2.24, 2.45) is 0 Å². The maximum absolute atomic E-state index is 12.3. The number of amides is 1. The topological polar surface area (TPSA) is 76.7 Å². The van der Waals surface area contributed by atoms with Crippen LogP contribution in [0.5, 0.6) is 5.75 Å². The molecule has 1 amide bonds. The van der Waals surface area contributed by atoms with E-state index in [0.717, 1.165) is 0 Å². The maximum atomic E-state index is 12.3. The monoisotopic (exact) mass is 350 g/mol. The number of para-hydroxylation sites is 3. The Morgan fingerprint density at radius 3 is 2.36 bits per heavy atom. The van der Waals surface area contributed by atoms with Crippen molar-refractivity contribution in [3.8, 4) is 5.75 Å². The molecule has 0 aromatic heterocycles. The number of carbonyl (C=O) groups is 2. The molecule has 0 saturated heterocycles. The minimum absolute atomic E-state index is 0.0551. The Morgan fingerprint density at radius 2 is 1.68 bits per heavy atom. The van der Waals surface area contributed by atoms with E-state index in [1.165, 1.54) is 18.2 Å². The lowest BCUT2D eigenvalue weighted by Crippen LogP contribution is -2.22. The molecular formula is C17H16F2N2O4. The van der Waals surface area contributed by atoms with Crippen molar-refractivity contribution in [3.63, 3.8) is 0 Å². The fourth-order valence-corrected chi connectivity index (χ4v) is 2.04. The normalized spacial score (nSPS) is 10.2. The molecule has 2 aromatic carbocycles. The minimum atomic E-state index is -3.02. The molecular weight excluding hydrogens is 334 g/mol. The van der Waals surface area contributed by atoms with Gasteiger partial charge in [0.2, 0.25) is 0 Å². The highest BCUT2D eigenvalue weighted by Crippen LogP contribution is 2.25. The number of hydrogen-bond acceptors (Lipinski definition) is 5. The van der Waals surface area contributed by atoms with E-state index in [1.54, 1.807) is 37.4 Å². The third-order valence-electron chi connectivity index (χ3n) is 3.13. The van der Waals surface area contributed by atoms with Crippen LogP contribution < -0.4 is 15.4 Å². The predicted molar refractivity (Wildman–Crippen MR) is 88.0 cm³/mol. The molecule has 0 radical (unpaired) electrons. The van der Waals surface area contributed by atoms with Crippen LogP contribution >= 0.6 is 0 Å². The molecule has 0 unspecified atom stereocenters. The van der Waals surface area contributed by atoms with Crippen LogP contribution in [0.3, 0.4) is 0 Å². The first kappa shape index (κ1) is 18.2. The Hall–Kier alpha value is -3.16. The summed E-state index contributed by atoms with van der Waals surface area (Å²) in [5.74, 6) is -1.55. The first-order chi connectivity index (χ1) is 12.0. The van der Waals surface area contributed by atoms with E-state index >= 15 is 0 Å². The number of halogens is 2. The molecule has 0 bridgehead atoms. The van der Waals surface area contributed by atoms with E-state index in [0.29, 0.717) is 5.69 Å². The zero-order valence-electron chi connectivity index (χ0n) is 13.3. The van der Waals surface area contributed by atoms with Crippen molar-refractivity contribution in [1.29, 1.82) is 0 Å². The van der Waals surface area contributed by atoms with Gasteiger partial charge in [-0.05, 0) is 24.3 Å². The summed E-state index contributed by atoms with van der Waals surface area (Å²) in [7, 11) is 1.65. The molecule has 0 fully saturated rings. The highest BCUT2D eigenvalue weighted by molar-refractivity contribution is 5.98. The van der Waals surface area contributed by atoms with E-state index in [-0.39, 0.29) is 17.0 Å². The van der Waals surface area contributed by atoms with Crippen LogP contribution in [0.4, 0.5) is 20.2 Å². The van der Waals surface area contributed by atoms with Gasteiger partial charge in [-0.1, -0.05) is 24.3 Å². The highest BCUT2D eigenvalue weighted by Gasteiger charge is 2.15. The zero-order valence-corrected chi connectivity index (χ0v) is 13.3. The second-order valence-corrected chi connectivity index (χ2v) is 4.79. The number of carbonyl (C=O) groups excluding carboxylic acids is 2. The molecule has 0 spiro atoms. The second kappa shape index (κ2) is 8.62. The largest absolute Gasteiger partial charge is 0.452 e. The standard InChI is InChI=1S/C17H16F2N2O4/c1-20-12-7-3-2-6-11(12)16(23)24-10-15(22)21-13-8-4-5-9-14(13)25-17(18)19/h2-9,17,20H,10H2,1H3,(H,21,22). The van der Waals surface area contributed by atoms with Gasteiger partial charge in [-0.2, -0.15) is 8.78 Å². The van der Waals surface area contributed by atoms with Gasteiger partial charge in [0.15, 0.2) is 6.61 Å². The van der Waals surface area contributed by atoms with Gasteiger partial charge in [0.05, 0.1) is 11.3 Å². The van der Waals surface area contributed by atoms with Crippen molar-refractivity contribution in [2.75, 3.05) is 24.3 Å². The third kappa shape index (κ3) is 5.17. The van der Waals surface area contributed by atoms with Gasteiger partial charge in [0.25, 0.3) is 5.91 Å². The van der Waals surface area contributed by atoms with Gasteiger partial charge in [0.1, 0.15) is 5.75 Å². The van der Waals surface area contributed by atoms with E-state index in [2.05, 4.69) is 15.4 Å². The smallest absolute Gasteiger partial charge is 0.387 e. The molecule has 2 rings (SSSR count). The van der Waals surface area contributed by atoms with Crippen LogP contribution in [-0.2, 0) is 9.53 Å². The number of rotatable bonds is 7. The molecule has 8 heteroatoms. The summed E-state index contributed by atoms with van der Waals surface area (Å²) in [5.41, 5.74) is 0.891. The number of nitrogens with one attached hydrogen (secondary N) is 2. The summed E-state index contributed by atoms with van der Waals surface area (Å²) in [4.78, 5) is 23.9. The lowest BCUT2D eigenvalue weighted by Gasteiger charge is -2.12. The Kier molecular flexibility index (Phi) is 6.27. The number of esters is 1. The number of ether oxygens (including phenoxy) is 2. The second-order valence-electron chi connectivity index (χ2n) is 4.79. The first-order valence-corrected chi connectivity index (χ1v) is 7.29. The minimum Gasteiger partial charge on any atom is -0.452 e. The Bertz CT molecular complexity index is 753. The fourth-order valence-electron chi connectivity index (χ4n) is 2.04. The summed E-state index contributed by atoms with van der Waals surface area (Å²) in [6.07, 6.45) is 0. The molecule has 2 N–H and O–H groups in total. The number of benzene rings is 2. The molecule has 132 valence electrons. The maximum Gasteiger partial charge on any atom is 0.387 e. The van der Waals surface area contributed by atoms with Crippen molar-refractivity contribution in [2.45, 2.75) is 6.61 Å². The lowest BCUT2D eigenvalue weighted by atomic mass is 10.2.